The zero-order chi connectivity index (χ0) is 14.8. The number of benzene rings is 1. The summed E-state index contributed by atoms with van der Waals surface area (Å²) >= 11 is 1.39. The molecule has 0 aliphatic carbocycles. The van der Waals surface area contributed by atoms with Crippen LogP contribution >= 0.6 is 11.3 Å². The molecule has 5 nitrogen and oxygen atoms in total. The number of thiazole rings is 1. The van der Waals surface area contributed by atoms with Crippen LogP contribution in [0.25, 0.3) is 0 Å². The lowest BCUT2D eigenvalue weighted by Crippen LogP contribution is -2.26. The fourth-order valence-corrected chi connectivity index (χ4v) is 3.60. The number of carbonyl (C=O) groups is 1. The predicted octanol–water partition coefficient (Wildman–Crippen LogP) is 2.39. The van der Waals surface area contributed by atoms with E-state index >= 15 is 0 Å². The lowest BCUT2D eigenvalue weighted by molar-refractivity contribution is 0.101. The van der Waals surface area contributed by atoms with Crippen molar-refractivity contribution in [1.82, 2.24) is 9.71 Å². The molecule has 0 aliphatic rings. The predicted molar refractivity (Wildman–Crippen MR) is 77.3 cm³/mol. The number of nitrogens with zero attached hydrogens (tertiary/aromatic N) is 1. The minimum atomic E-state index is -3.62. The van der Waals surface area contributed by atoms with Crippen molar-refractivity contribution >= 4 is 27.1 Å². The molecule has 1 N–H and O–H groups in total. The molecule has 1 heterocycles. The number of Topliss-reactive ketones (excluding diaryl/α,β-unsaturated/α-hetero) is 1. The van der Waals surface area contributed by atoms with Gasteiger partial charge in [-0.05, 0) is 26.0 Å². The van der Waals surface area contributed by atoms with Crippen LogP contribution in [0.15, 0.2) is 40.7 Å². The Hall–Kier alpha value is -1.57. The van der Waals surface area contributed by atoms with Gasteiger partial charge in [0.05, 0.1) is 10.9 Å². The van der Waals surface area contributed by atoms with Gasteiger partial charge in [0.1, 0.15) is 5.01 Å². The van der Waals surface area contributed by atoms with E-state index in [1.54, 1.807) is 18.5 Å². The SMILES string of the molecule is CC(=O)c1ccc(S(=O)(=O)NC(C)c2nccs2)cc1. The van der Waals surface area contributed by atoms with Gasteiger partial charge in [0, 0.05) is 17.1 Å². The first-order valence-electron chi connectivity index (χ1n) is 5.93. The van der Waals surface area contributed by atoms with E-state index < -0.39 is 16.1 Å². The summed E-state index contributed by atoms with van der Waals surface area (Å²) in [5.41, 5.74) is 0.483. The number of rotatable bonds is 5. The molecule has 1 atom stereocenters. The van der Waals surface area contributed by atoms with Gasteiger partial charge >= 0.3 is 0 Å². The summed E-state index contributed by atoms with van der Waals surface area (Å²) in [5, 5.41) is 2.50. The molecule has 1 unspecified atom stereocenters. The fraction of sp³-hybridized carbons (Fsp3) is 0.231. The third-order valence-electron chi connectivity index (χ3n) is 2.72. The lowest BCUT2D eigenvalue weighted by atomic mass is 10.2. The van der Waals surface area contributed by atoms with E-state index in [0.717, 1.165) is 0 Å². The third kappa shape index (κ3) is 3.30. The van der Waals surface area contributed by atoms with Crippen LogP contribution in [0.5, 0.6) is 0 Å². The second-order valence-corrected chi connectivity index (χ2v) is 6.93. The highest BCUT2D eigenvalue weighted by atomic mass is 32.2. The van der Waals surface area contributed by atoms with Crippen LogP contribution < -0.4 is 4.72 Å². The van der Waals surface area contributed by atoms with E-state index in [1.165, 1.54) is 42.5 Å². The molecule has 0 spiro atoms. The van der Waals surface area contributed by atoms with Gasteiger partial charge in [0.2, 0.25) is 10.0 Å². The van der Waals surface area contributed by atoms with E-state index in [2.05, 4.69) is 9.71 Å². The van der Waals surface area contributed by atoms with Gasteiger partial charge < -0.3 is 0 Å². The van der Waals surface area contributed by atoms with E-state index in [1.807, 2.05) is 0 Å². The molecule has 7 heteroatoms. The monoisotopic (exact) mass is 310 g/mol. The zero-order valence-corrected chi connectivity index (χ0v) is 12.7. The maximum atomic E-state index is 12.2. The first kappa shape index (κ1) is 14.8. The van der Waals surface area contributed by atoms with Gasteiger partial charge in [-0.3, -0.25) is 4.79 Å². The number of sulfonamides is 1. The largest absolute Gasteiger partial charge is 0.295 e. The van der Waals surface area contributed by atoms with Crippen molar-refractivity contribution in [3.8, 4) is 0 Å². The molecular formula is C13H14N2O3S2. The van der Waals surface area contributed by atoms with Crippen molar-refractivity contribution in [1.29, 1.82) is 0 Å². The highest BCUT2D eigenvalue weighted by molar-refractivity contribution is 7.89. The summed E-state index contributed by atoms with van der Waals surface area (Å²) in [6, 6.07) is 5.46. The number of hydrogen-bond donors (Lipinski definition) is 1. The highest BCUT2D eigenvalue weighted by Crippen LogP contribution is 2.19. The van der Waals surface area contributed by atoms with Crippen LogP contribution in [0.4, 0.5) is 0 Å². The van der Waals surface area contributed by atoms with Crippen molar-refractivity contribution in [3.05, 3.63) is 46.4 Å². The van der Waals surface area contributed by atoms with E-state index in [9.17, 15) is 13.2 Å². The van der Waals surface area contributed by atoms with Crippen LogP contribution in [-0.4, -0.2) is 19.2 Å². The smallest absolute Gasteiger partial charge is 0.241 e. The molecule has 0 aliphatic heterocycles. The molecular weight excluding hydrogens is 296 g/mol. The topological polar surface area (TPSA) is 76.1 Å². The summed E-state index contributed by atoms with van der Waals surface area (Å²) in [4.78, 5) is 15.4. The highest BCUT2D eigenvalue weighted by Gasteiger charge is 2.19. The van der Waals surface area contributed by atoms with Crippen LogP contribution in [0.2, 0.25) is 0 Å². The summed E-state index contributed by atoms with van der Waals surface area (Å²) in [5.74, 6) is -0.0990. The van der Waals surface area contributed by atoms with Gasteiger partial charge in [-0.15, -0.1) is 11.3 Å². The van der Waals surface area contributed by atoms with Crippen LogP contribution in [-0.2, 0) is 10.0 Å². The third-order valence-corrected chi connectivity index (χ3v) is 5.24. The fourth-order valence-electron chi connectivity index (χ4n) is 1.67. The summed E-state index contributed by atoms with van der Waals surface area (Å²) in [6.07, 6.45) is 1.63. The Bertz CT molecular complexity index is 692. The van der Waals surface area contributed by atoms with Crippen molar-refractivity contribution < 1.29 is 13.2 Å². The molecule has 0 radical (unpaired) electrons. The Balaban J connectivity index is 2.20. The zero-order valence-electron chi connectivity index (χ0n) is 11.0. The Morgan fingerprint density at radius 1 is 1.30 bits per heavy atom. The van der Waals surface area contributed by atoms with E-state index in [4.69, 9.17) is 0 Å². The van der Waals surface area contributed by atoms with E-state index in [0.29, 0.717) is 10.6 Å². The summed E-state index contributed by atoms with van der Waals surface area (Å²) in [6.45, 7) is 3.17. The van der Waals surface area contributed by atoms with Crippen molar-refractivity contribution in [2.75, 3.05) is 0 Å². The Morgan fingerprint density at radius 2 is 1.95 bits per heavy atom. The van der Waals surface area contributed by atoms with Crippen molar-refractivity contribution in [2.24, 2.45) is 0 Å². The molecule has 0 bridgehead atoms. The number of hydrogen-bond acceptors (Lipinski definition) is 5. The van der Waals surface area contributed by atoms with Crippen molar-refractivity contribution in [3.63, 3.8) is 0 Å². The van der Waals surface area contributed by atoms with Gasteiger partial charge in [0.25, 0.3) is 0 Å². The van der Waals surface area contributed by atoms with E-state index in [-0.39, 0.29) is 10.7 Å². The minimum Gasteiger partial charge on any atom is -0.295 e. The number of aromatic nitrogens is 1. The van der Waals surface area contributed by atoms with Crippen molar-refractivity contribution in [2.45, 2.75) is 24.8 Å². The second kappa shape index (κ2) is 5.82. The van der Waals surface area contributed by atoms with Gasteiger partial charge in [-0.2, -0.15) is 0 Å². The molecule has 2 rings (SSSR count). The summed E-state index contributed by atoms with van der Waals surface area (Å²) < 4.78 is 27.0. The molecule has 1 aromatic heterocycles. The molecule has 1 aromatic carbocycles. The number of ketones is 1. The Kier molecular flexibility index (Phi) is 4.32. The standard InChI is InChI=1S/C13H14N2O3S2/c1-9(13-14-7-8-19-13)15-20(17,18)12-5-3-11(4-6-12)10(2)16/h3-9,15H,1-2H3. The van der Waals surface area contributed by atoms with Crippen LogP contribution in [0.3, 0.4) is 0 Å². The maximum Gasteiger partial charge on any atom is 0.241 e. The lowest BCUT2D eigenvalue weighted by Gasteiger charge is -2.12. The Morgan fingerprint density at radius 3 is 2.45 bits per heavy atom. The van der Waals surface area contributed by atoms with Gasteiger partial charge in [0.15, 0.2) is 5.78 Å². The summed E-state index contributed by atoms with van der Waals surface area (Å²) in [7, 11) is -3.62. The van der Waals surface area contributed by atoms with Gasteiger partial charge in [-0.1, -0.05) is 12.1 Å². The number of nitrogens with one attached hydrogen (secondary N) is 1. The number of carbonyl (C=O) groups excluding carboxylic acids is 1. The molecule has 0 saturated heterocycles. The Labute approximate surface area is 121 Å². The second-order valence-electron chi connectivity index (χ2n) is 4.29. The average Bonchev–Trinajstić information content (AvgIpc) is 2.92. The molecule has 0 amide bonds. The molecule has 106 valence electrons. The molecule has 0 fully saturated rings. The molecule has 2 aromatic rings. The molecule has 0 saturated carbocycles. The minimum absolute atomic E-state index is 0.0990. The van der Waals surface area contributed by atoms with Crippen LogP contribution in [0, 0.1) is 0 Å². The van der Waals surface area contributed by atoms with Crippen LogP contribution in [0.1, 0.15) is 35.3 Å². The quantitative estimate of drug-likeness (QED) is 0.860. The maximum absolute atomic E-state index is 12.2. The normalized spacial score (nSPS) is 13.1. The first-order chi connectivity index (χ1) is 9.40. The van der Waals surface area contributed by atoms with Gasteiger partial charge in [-0.25, -0.2) is 18.1 Å². The average molecular weight is 310 g/mol. The molecule has 20 heavy (non-hydrogen) atoms. The first-order valence-corrected chi connectivity index (χ1v) is 8.29.